The minimum absolute atomic E-state index is 0.145. The lowest BCUT2D eigenvalue weighted by Gasteiger charge is -2.30. The SMILES string of the molecule is COc1cccc(CC(=O)N[C@@H]2CCCC[C@H]2S(C)(=O)=O)c1. The Morgan fingerprint density at radius 3 is 2.73 bits per heavy atom. The van der Waals surface area contributed by atoms with E-state index < -0.39 is 15.1 Å². The van der Waals surface area contributed by atoms with Crippen LogP contribution in [0.25, 0.3) is 0 Å². The number of sulfone groups is 1. The zero-order valence-corrected chi connectivity index (χ0v) is 13.9. The molecule has 122 valence electrons. The zero-order chi connectivity index (χ0) is 16.2. The molecule has 1 saturated carbocycles. The summed E-state index contributed by atoms with van der Waals surface area (Å²) < 4.78 is 28.8. The van der Waals surface area contributed by atoms with E-state index in [9.17, 15) is 13.2 Å². The Bertz CT molecular complexity index is 627. The maximum atomic E-state index is 12.2. The van der Waals surface area contributed by atoms with Crippen LogP contribution in [0.3, 0.4) is 0 Å². The number of benzene rings is 1. The molecule has 6 heteroatoms. The van der Waals surface area contributed by atoms with Crippen molar-refractivity contribution in [3.63, 3.8) is 0 Å². The summed E-state index contributed by atoms with van der Waals surface area (Å²) in [7, 11) is -1.56. The highest BCUT2D eigenvalue weighted by atomic mass is 32.2. The molecule has 1 amide bonds. The number of carbonyl (C=O) groups is 1. The number of nitrogens with one attached hydrogen (secondary N) is 1. The first-order valence-electron chi connectivity index (χ1n) is 7.51. The van der Waals surface area contributed by atoms with Crippen molar-refractivity contribution in [1.29, 1.82) is 0 Å². The molecule has 0 radical (unpaired) electrons. The van der Waals surface area contributed by atoms with E-state index in [0.717, 1.165) is 24.8 Å². The topological polar surface area (TPSA) is 72.5 Å². The van der Waals surface area contributed by atoms with E-state index in [1.807, 2.05) is 24.3 Å². The highest BCUT2D eigenvalue weighted by molar-refractivity contribution is 7.91. The van der Waals surface area contributed by atoms with Crippen molar-refractivity contribution in [2.24, 2.45) is 0 Å². The van der Waals surface area contributed by atoms with Gasteiger partial charge in [0.15, 0.2) is 9.84 Å². The molecule has 0 spiro atoms. The van der Waals surface area contributed by atoms with Crippen molar-refractivity contribution in [1.82, 2.24) is 5.32 Å². The molecule has 22 heavy (non-hydrogen) atoms. The molecule has 0 aromatic heterocycles. The van der Waals surface area contributed by atoms with Crippen LogP contribution in [0.2, 0.25) is 0 Å². The van der Waals surface area contributed by atoms with Gasteiger partial charge in [-0.2, -0.15) is 0 Å². The lowest BCUT2D eigenvalue weighted by molar-refractivity contribution is -0.121. The van der Waals surface area contributed by atoms with E-state index in [2.05, 4.69) is 5.32 Å². The fourth-order valence-corrected chi connectivity index (χ4v) is 4.40. The van der Waals surface area contributed by atoms with Gasteiger partial charge in [0.1, 0.15) is 5.75 Å². The summed E-state index contributed by atoms with van der Waals surface area (Å²) in [6.45, 7) is 0. The van der Waals surface area contributed by atoms with Crippen molar-refractivity contribution in [2.45, 2.75) is 43.4 Å². The van der Waals surface area contributed by atoms with Crippen LogP contribution >= 0.6 is 0 Å². The second-order valence-electron chi connectivity index (χ2n) is 5.85. The van der Waals surface area contributed by atoms with Crippen LogP contribution in [0.1, 0.15) is 31.2 Å². The Balaban J connectivity index is 2.00. The fourth-order valence-electron chi connectivity index (χ4n) is 3.00. The van der Waals surface area contributed by atoms with Gasteiger partial charge in [-0.05, 0) is 30.5 Å². The van der Waals surface area contributed by atoms with Gasteiger partial charge in [0.2, 0.25) is 5.91 Å². The number of amides is 1. The monoisotopic (exact) mass is 325 g/mol. The van der Waals surface area contributed by atoms with E-state index in [-0.39, 0.29) is 18.4 Å². The third-order valence-electron chi connectivity index (χ3n) is 4.10. The second-order valence-corrected chi connectivity index (χ2v) is 8.12. The standard InChI is InChI=1S/C16H23NO4S/c1-21-13-7-5-6-12(10-13)11-16(18)17-14-8-3-4-9-15(14)22(2,19)20/h5-7,10,14-15H,3-4,8-9,11H2,1-2H3,(H,17,18)/t14-,15-/m1/s1. The quantitative estimate of drug-likeness (QED) is 0.894. The average molecular weight is 325 g/mol. The van der Waals surface area contributed by atoms with Gasteiger partial charge in [-0.15, -0.1) is 0 Å². The Kier molecular flexibility index (Phi) is 5.45. The minimum Gasteiger partial charge on any atom is -0.497 e. The molecule has 1 N–H and O–H groups in total. The summed E-state index contributed by atoms with van der Waals surface area (Å²) in [6, 6.07) is 7.05. The van der Waals surface area contributed by atoms with Gasteiger partial charge in [-0.25, -0.2) is 8.42 Å². The van der Waals surface area contributed by atoms with Crippen LogP contribution in [-0.4, -0.2) is 39.0 Å². The number of carbonyl (C=O) groups excluding carboxylic acids is 1. The first-order chi connectivity index (χ1) is 10.4. The average Bonchev–Trinajstić information content (AvgIpc) is 2.46. The Hall–Kier alpha value is -1.56. The van der Waals surface area contributed by atoms with E-state index in [1.54, 1.807) is 7.11 Å². The molecule has 1 aliphatic carbocycles. The molecule has 1 fully saturated rings. The molecule has 1 aromatic rings. The van der Waals surface area contributed by atoms with Crippen molar-refractivity contribution in [3.05, 3.63) is 29.8 Å². The van der Waals surface area contributed by atoms with E-state index >= 15 is 0 Å². The molecule has 1 aromatic carbocycles. The molecule has 0 heterocycles. The van der Waals surface area contributed by atoms with Gasteiger partial charge in [0, 0.05) is 12.3 Å². The Labute approximate surface area is 132 Å². The lowest BCUT2D eigenvalue weighted by atomic mass is 9.94. The van der Waals surface area contributed by atoms with Crippen LogP contribution in [0.4, 0.5) is 0 Å². The minimum atomic E-state index is -3.14. The summed E-state index contributed by atoms with van der Waals surface area (Å²) >= 11 is 0. The molecule has 1 aliphatic rings. The van der Waals surface area contributed by atoms with Gasteiger partial charge in [-0.1, -0.05) is 25.0 Å². The summed E-state index contributed by atoms with van der Waals surface area (Å²) in [5.41, 5.74) is 0.851. The molecule has 2 atom stereocenters. The molecule has 0 unspecified atom stereocenters. The lowest BCUT2D eigenvalue weighted by Crippen LogP contribution is -2.48. The molecule has 0 bridgehead atoms. The highest BCUT2D eigenvalue weighted by Gasteiger charge is 2.33. The first kappa shape index (κ1) is 16.8. The predicted octanol–water partition coefficient (Wildman–Crippen LogP) is 1.71. The van der Waals surface area contributed by atoms with Crippen molar-refractivity contribution < 1.29 is 17.9 Å². The van der Waals surface area contributed by atoms with Crippen LogP contribution < -0.4 is 10.1 Å². The summed E-state index contributed by atoms with van der Waals surface area (Å²) in [4.78, 5) is 12.2. The third kappa shape index (κ3) is 4.47. The maximum absolute atomic E-state index is 12.2. The number of hydrogen-bond acceptors (Lipinski definition) is 4. The summed E-state index contributed by atoms with van der Waals surface area (Å²) in [5.74, 6) is 0.561. The van der Waals surface area contributed by atoms with Crippen LogP contribution in [0.15, 0.2) is 24.3 Å². The molecular weight excluding hydrogens is 302 g/mol. The fraction of sp³-hybridized carbons (Fsp3) is 0.562. The van der Waals surface area contributed by atoms with Crippen LogP contribution in [0, 0.1) is 0 Å². The molecule has 0 aliphatic heterocycles. The maximum Gasteiger partial charge on any atom is 0.224 e. The van der Waals surface area contributed by atoms with Crippen molar-refractivity contribution in [3.8, 4) is 5.75 Å². The number of methoxy groups -OCH3 is 1. The van der Waals surface area contributed by atoms with E-state index in [1.165, 1.54) is 6.26 Å². The number of rotatable bonds is 5. The zero-order valence-electron chi connectivity index (χ0n) is 13.0. The largest absolute Gasteiger partial charge is 0.497 e. The van der Waals surface area contributed by atoms with E-state index in [4.69, 9.17) is 4.74 Å². The predicted molar refractivity (Wildman–Crippen MR) is 85.7 cm³/mol. The highest BCUT2D eigenvalue weighted by Crippen LogP contribution is 2.24. The number of hydrogen-bond donors (Lipinski definition) is 1. The van der Waals surface area contributed by atoms with Gasteiger partial charge >= 0.3 is 0 Å². The van der Waals surface area contributed by atoms with Crippen LogP contribution in [0.5, 0.6) is 5.75 Å². The molecular formula is C16H23NO4S. The Morgan fingerprint density at radius 1 is 1.32 bits per heavy atom. The van der Waals surface area contributed by atoms with Gasteiger partial charge in [-0.3, -0.25) is 4.79 Å². The van der Waals surface area contributed by atoms with E-state index in [0.29, 0.717) is 12.2 Å². The molecule has 5 nitrogen and oxygen atoms in total. The molecule has 0 saturated heterocycles. The normalized spacial score (nSPS) is 22.1. The van der Waals surface area contributed by atoms with Crippen molar-refractivity contribution >= 4 is 15.7 Å². The summed E-state index contributed by atoms with van der Waals surface area (Å²) in [5, 5.41) is 2.44. The smallest absolute Gasteiger partial charge is 0.224 e. The van der Waals surface area contributed by atoms with Gasteiger partial charge < -0.3 is 10.1 Å². The molecule has 2 rings (SSSR count). The van der Waals surface area contributed by atoms with Gasteiger partial charge in [0.05, 0.1) is 18.8 Å². The second kappa shape index (κ2) is 7.13. The van der Waals surface area contributed by atoms with Gasteiger partial charge in [0.25, 0.3) is 0 Å². The van der Waals surface area contributed by atoms with Crippen molar-refractivity contribution in [2.75, 3.05) is 13.4 Å². The Morgan fingerprint density at radius 2 is 2.05 bits per heavy atom. The number of ether oxygens (including phenoxy) is 1. The summed E-state index contributed by atoms with van der Waals surface area (Å²) in [6.07, 6.45) is 4.69. The van der Waals surface area contributed by atoms with Crippen LogP contribution in [-0.2, 0) is 21.1 Å². The first-order valence-corrected chi connectivity index (χ1v) is 9.47. The third-order valence-corrected chi connectivity index (χ3v) is 5.76.